The van der Waals surface area contributed by atoms with Gasteiger partial charge >= 0.3 is 41.8 Å². The first-order valence-corrected chi connectivity index (χ1v) is 11.6. The lowest BCUT2D eigenvalue weighted by Gasteiger charge is -2.12. The first-order chi connectivity index (χ1) is 17.6. The number of anilines is 1. The number of carbonyl (C=O) groups is 3. The van der Waals surface area contributed by atoms with Crippen molar-refractivity contribution in [1.29, 1.82) is 0 Å². The minimum atomic E-state index is -4.64. The van der Waals surface area contributed by atoms with Gasteiger partial charge in [0.25, 0.3) is 10.0 Å². The molecule has 0 saturated heterocycles. The number of nitrogens with zero attached hydrogens (tertiary/aromatic N) is 3. The molecule has 2 rings (SSSR count). The second-order valence-electron chi connectivity index (χ2n) is 5.82. The van der Waals surface area contributed by atoms with E-state index in [0.29, 0.717) is 6.07 Å². The van der Waals surface area contributed by atoms with E-state index in [2.05, 4.69) is 34.3 Å². The van der Waals surface area contributed by atoms with Gasteiger partial charge in [0.2, 0.25) is 17.7 Å². The quantitative estimate of drug-likeness (QED) is 0.290. The van der Waals surface area contributed by atoms with Gasteiger partial charge in [0.1, 0.15) is 4.90 Å². The third-order valence-corrected chi connectivity index (χ3v) is 5.02. The van der Waals surface area contributed by atoms with E-state index in [9.17, 15) is 48.8 Å². The third-order valence-electron chi connectivity index (χ3n) is 3.30. The molecule has 4 amide bonds. The number of halogens is 4. The van der Waals surface area contributed by atoms with Gasteiger partial charge in [-0.2, -0.15) is 35.9 Å². The van der Waals surface area contributed by atoms with Crippen molar-refractivity contribution in [2.24, 2.45) is 10.1 Å². The number of ether oxygens (including phenoxy) is 3. The number of nitrogens with one attached hydrogen (secondary N) is 2. The summed E-state index contributed by atoms with van der Waals surface area (Å²) in [5.74, 6) is -3.80. The van der Waals surface area contributed by atoms with Gasteiger partial charge < -0.3 is 19.9 Å². The molecule has 1 aromatic carbocycles. The summed E-state index contributed by atoms with van der Waals surface area (Å²) in [6.45, 7) is -6.79. The summed E-state index contributed by atoms with van der Waals surface area (Å²) in [6, 6.07) is 2.51. The van der Waals surface area contributed by atoms with Crippen LogP contribution >= 0.6 is 0 Å². The van der Waals surface area contributed by atoms with Crippen LogP contribution in [0.4, 0.5) is 33.1 Å². The van der Waals surface area contributed by atoms with E-state index >= 15 is 0 Å². The Morgan fingerprint density at radius 1 is 1.03 bits per heavy atom. The van der Waals surface area contributed by atoms with E-state index in [4.69, 9.17) is 0 Å². The average molecular weight is 590 g/mol. The Morgan fingerprint density at radius 3 is 1.97 bits per heavy atom. The van der Waals surface area contributed by atoms with E-state index in [0.717, 1.165) is 19.2 Å². The summed E-state index contributed by atoms with van der Waals surface area (Å²) in [5, 5.41) is 1.74. The van der Waals surface area contributed by atoms with Gasteiger partial charge in [-0.3, -0.25) is 5.32 Å². The highest BCUT2D eigenvalue weighted by atomic mass is 32.2. The van der Waals surface area contributed by atoms with Gasteiger partial charge in [0, 0.05) is 0 Å². The molecule has 0 spiro atoms. The zero-order valence-electron chi connectivity index (χ0n) is 18.4. The van der Waals surface area contributed by atoms with Crippen molar-refractivity contribution >= 4 is 44.5 Å². The second-order valence-corrected chi connectivity index (χ2v) is 8.09. The van der Waals surface area contributed by atoms with Crippen LogP contribution in [-0.2, 0) is 25.3 Å². The van der Waals surface area contributed by atoms with Crippen LogP contribution in [0.15, 0.2) is 39.6 Å². The molecule has 38 heavy (non-hydrogen) atoms. The molecule has 16 nitrogen and oxygen atoms in total. The molecule has 0 radical (unpaired) electrons. The Morgan fingerprint density at radius 2 is 1.55 bits per heavy atom. The molecule has 0 saturated carbocycles. The van der Waals surface area contributed by atoms with Gasteiger partial charge in [0.15, 0.2) is 0 Å². The highest BCUT2D eigenvalue weighted by Crippen LogP contribution is 2.22. The molecule has 0 bridgehead atoms. The van der Waals surface area contributed by atoms with Crippen LogP contribution in [0, 0.1) is 0 Å². The summed E-state index contributed by atoms with van der Waals surface area (Å²) in [6.07, 6.45) is 0. The predicted octanol–water partition coefficient (Wildman–Crippen LogP) is 1.10. The molecule has 208 valence electrons. The SMILES string of the molecule is COC(=O)c1ccccc1S(=O)(=O)NC(=O)Nc1nc(OC(F)F)cc(OC(F)F)n1.NC(=O)N=S(=O)=O. The Labute approximate surface area is 210 Å². The highest BCUT2D eigenvalue weighted by Gasteiger charge is 2.25. The molecule has 0 aliphatic heterocycles. The van der Waals surface area contributed by atoms with Crippen LogP contribution in [0.3, 0.4) is 0 Å². The summed E-state index contributed by atoms with van der Waals surface area (Å²) < 4.78 is 109. The molecular formula is C16H14F4N6O10S2. The fourth-order valence-corrected chi connectivity index (χ4v) is 3.37. The number of hydrogen-bond donors (Lipinski definition) is 3. The number of methoxy groups -OCH3 is 1. The van der Waals surface area contributed by atoms with Gasteiger partial charge in [-0.25, -0.2) is 27.5 Å². The Balaban J connectivity index is 0.000000905. The third kappa shape index (κ3) is 11.0. The summed E-state index contributed by atoms with van der Waals surface area (Å²) in [5.41, 5.74) is 3.91. The van der Waals surface area contributed by atoms with Crippen molar-refractivity contribution in [3.63, 3.8) is 0 Å². The van der Waals surface area contributed by atoms with Crippen molar-refractivity contribution in [3.8, 4) is 11.8 Å². The lowest BCUT2D eigenvalue weighted by atomic mass is 10.2. The number of carbonyl (C=O) groups excluding carboxylic acids is 3. The molecule has 0 aliphatic rings. The normalized spacial score (nSPS) is 10.5. The predicted molar refractivity (Wildman–Crippen MR) is 113 cm³/mol. The fourth-order valence-electron chi connectivity index (χ4n) is 2.12. The molecule has 1 heterocycles. The topological polar surface area (TPSA) is 235 Å². The van der Waals surface area contributed by atoms with E-state index in [1.54, 1.807) is 5.32 Å². The van der Waals surface area contributed by atoms with E-state index in [-0.39, 0.29) is 5.56 Å². The highest BCUT2D eigenvalue weighted by molar-refractivity contribution is 7.90. The van der Waals surface area contributed by atoms with Crippen LogP contribution < -0.4 is 25.2 Å². The zero-order valence-corrected chi connectivity index (χ0v) is 20.0. The smallest absolute Gasteiger partial charge is 0.388 e. The van der Waals surface area contributed by atoms with Crippen molar-refractivity contribution in [2.75, 3.05) is 12.4 Å². The summed E-state index contributed by atoms with van der Waals surface area (Å²) >= 11 is 0. The summed E-state index contributed by atoms with van der Waals surface area (Å²) in [7, 11) is -6.33. The van der Waals surface area contributed by atoms with Gasteiger partial charge in [0.05, 0.1) is 18.7 Å². The fraction of sp³-hybridized carbons (Fsp3) is 0.188. The number of amides is 4. The standard InChI is InChI=1S/C15H12F4N4O7S.CH2N2O3S/c1-28-11(24)7-4-2-3-5-8(7)31(26,27)23-15(25)22-14-20-9(29-12(16)17)6-10(21-14)30-13(18)19;2-1(4)3-7(5)6/h2-6,12-13H,1H3,(H2,20,21,22,23,25);(H2,2,4). The van der Waals surface area contributed by atoms with Gasteiger partial charge in [-0.1, -0.05) is 16.5 Å². The maximum Gasteiger partial charge on any atom is 0.388 e. The Bertz CT molecular complexity index is 1390. The monoisotopic (exact) mass is 590 g/mol. The zero-order chi connectivity index (χ0) is 29.0. The first kappa shape index (κ1) is 31.4. The number of hydrogen-bond acceptors (Lipinski definition) is 12. The van der Waals surface area contributed by atoms with E-state index in [1.165, 1.54) is 16.9 Å². The molecule has 0 unspecified atom stereocenters. The Kier molecular flexibility index (Phi) is 11.8. The maximum atomic E-state index is 12.4. The maximum absolute atomic E-state index is 12.4. The number of benzene rings is 1. The molecule has 2 aromatic rings. The van der Waals surface area contributed by atoms with Crippen LogP contribution in [0.2, 0.25) is 0 Å². The first-order valence-electron chi connectivity index (χ1n) is 9.05. The number of nitrogens with two attached hydrogens (primary N) is 1. The van der Waals surface area contributed by atoms with E-state index < -0.39 is 74.4 Å². The van der Waals surface area contributed by atoms with Crippen molar-refractivity contribution in [3.05, 3.63) is 35.9 Å². The Hall–Kier alpha value is -4.60. The molecule has 1 aromatic heterocycles. The van der Waals surface area contributed by atoms with Crippen LogP contribution in [0.5, 0.6) is 11.8 Å². The molecule has 4 N–H and O–H groups in total. The van der Waals surface area contributed by atoms with Gasteiger partial charge in [-0.15, -0.1) is 0 Å². The summed E-state index contributed by atoms with van der Waals surface area (Å²) in [4.78, 5) is 39.2. The molecule has 22 heteroatoms. The lowest BCUT2D eigenvalue weighted by molar-refractivity contribution is -0.0579. The minimum Gasteiger partial charge on any atom is -0.465 e. The number of urea groups is 2. The number of esters is 1. The molecule has 0 atom stereocenters. The van der Waals surface area contributed by atoms with Crippen LogP contribution in [-0.4, -0.2) is 65.2 Å². The molecule has 0 aliphatic carbocycles. The average Bonchev–Trinajstić information content (AvgIpc) is 2.76. The van der Waals surface area contributed by atoms with Crippen molar-refractivity contribution in [2.45, 2.75) is 18.1 Å². The van der Waals surface area contributed by atoms with Crippen molar-refractivity contribution < 1.29 is 63.0 Å². The minimum absolute atomic E-state index is 0.387. The van der Waals surface area contributed by atoms with Crippen LogP contribution in [0.1, 0.15) is 10.4 Å². The number of primary amides is 1. The second kappa shape index (κ2) is 14.2. The number of alkyl halides is 4. The van der Waals surface area contributed by atoms with E-state index in [1.807, 2.05) is 0 Å². The number of rotatable bonds is 8. The lowest BCUT2D eigenvalue weighted by Crippen LogP contribution is -2.35. The number of aromatic nitrogens is 2. The molecule has 0 fully saturated rings. The largest absolute Gasteiger partial charge is 0.465 e. The molecular weight excluding hydrogens is 576 g/mol. The van der Waals surface area contributed by atoms with Crippen molar-refractivity contribution in [1.82, 2.24) is 14.7 Å². The van der Waals surface area contributed by atoms with Gasteiger partial charge in [-0.05, 0) is 12.1 Å². The van der Waals surface area contributed by atoms with Crippen LogP contribution in [0.25, 0.3) is 0 Å². The number of sulfonamides is 1.